The van der Waals surface area contributed by atoms with Crippen LogP contribution in [0.5, 0.6) is 11.5 Å². The lowest BCUT2D eigenvalue weighted by Crippen LogP contribution is -2.56. The van der Waals surface area contributed by atoms with Crippen LogP contribution in [-0.4, -0.2) is 54.0 Å². The molecule has 1 aromatic carbocycles. The Morgan fingerprint density at radius 2 is 2.12 bits per heavy atom. The Hall–Kier alpha value is -2.48. The first-order chi connectivity index (χ1) is 12.1. The smallest absolute Gasteiger partial charge is 0.317 e. The minimum atomic E-state index is -0.822. The van der Waals surface area contributed by atoms with Crippen LogP contribution in [0.15, 0.2) is 18.2 Å². The molecule has 8 nitrogen and oxygen atoms in total. The summed E-state index contributed by atoms with van der Waals surface area (Å²) in [6.07, 6.45) is 1.54. The van der Waals surface area contributed by atoms with Crippen molar-refractivity contribution in [3.8, 4) is 11.5 Å². The van der Waals surface area contributed by atoms with Gasteiger partial charge in [-0.15, -0.1) is 0 Å². The average molecular weight is 349 g/mol. The number of hydrogen-bond acceptors (Lipinski definition) is 5. The van der Waals surface area contributed by atoms with Crippen LogP contribution < -0.4 is 20.1 Å². The molecule has 0 saturated heterocycles. The molecule has 2 aliphatic rings. The van der Waals surface area contributed by atoms with E-state index in [0.717, 1.165) is 18.4 Å². The molecule has 2 amide bonds. The van der Waals surface area contributed by atoms with Crippen LogP contribution in [0.1, 0.15) is 25.3 Å². The molecule has 0 radical (unpaired) electrons. The summed E-state index contributed by atoms with van der Waals surface area (Å²) >= 11 is 0. The molecule has 25 heavy (non-hydrogen) atoms. The maximum absolute atomic E-state index is 12.0. The zero-order valence-corrected chi connectivity index (χ0v) is 14.2. The van der Waals surface area contributed by atoms with E-state index < -0.39 is 5.97 Å². The Morgan fingerprint density at radius 1 is 1.32 bits per heavy atom. The molecule has 1 aliphatic carbocycles. The van der Waals surface area contributed by atoms with Crippen molar-refractivity contribution in [1.82, 2.24) is 15.5 Å². The molecule has 3 N–H and O–H groups in total. The maximum atomic E-state index is 12.0. The highest BCUT2D eigenvalue weighted by Crippen LogP contribution is 2.35. The fourth-order valence-corrected chi connectivity index (χ4v) is 3.22. The number of urea groups is 1. The predicted molar refractivity (Wildman–Crippen MR) is 89.6 cm³/mol. The normalized spacial score (nSPS) is 20.9. The zero-order chi connectivity index (χ0) is 17.8. The first-order valence-electron chi connectivity index (χ1n) is 8.44. The summed E-state index contributed by atoms with van der Waals surface area (Å²) in [5, 5.41) is 14.6. The number of carbonyl (C=O) groups excluding carboxylic acids is 1. The zero-order valence-electron chi connectivity index (χ0n) is 14.2. The van der Waals surface area contributed by atoms with E-state index in [1.807, 2.05) is 30.0 Å². The second-order valence-corrected chi connectivity index (χ2v) is 6.26. The van der Waals surface area contributed by atoms with Crippen molar-refractivity contribution in [2.75, 3.05) is 19.9 Å². The number of nitrogens with one attached hydrogen (secondary N) is 2. The molecule has 0 atom stereocenters. The molecule has 136 valence electrons. The molecule has 1 aliphatic heterocycles. The summed E-state index contributed by atoms with van der Waals surface area (Å²) in [7, 11) is 0. The van der Waals surface area contributed by atoms with Gasteiger partial charge in [-0.1, -0.05) is 19.1 Å². The number of amides is 2. The largest absolute Gasteiger partial charge is 0.480 e. The SMILES string of the molecule is CCN(CC(=O)O)C1CC(NC(=O)NCc2cccc3c2OCO3)C1. The van der Waals surface area contributed by atoms with E-state index in [0.29, 0.717) is 24.6 Å². The fourth-order valence-electron chi connectivity index (χ4n) is 3.22. The van der Waals surface area contributed by atoms with Crippen molar-refractivity contribution in [1.29, 1.82) is 0 Å². The molecular weight excluding hydrogens is 326 g/mol. The summed E-state index contributed by atoms with van der Waals surface area (Å²) in [6, 6.07) is 5.64. The van der Waals surface area contributed by atoms with Crippen molar-refractivity contribution in [3.05, 3.63) is 23.8 Å². The van der Waals surface area contributed by atoms with Gasteiger partial charge in [-0.25, -0.2) is 4.79 Å². The topological polar surface area (TPSA) is 100 Å². The second kappa shape index (κ2) is 7.60. The van der Waals surface area contributed by atoms with Gasteiger partial charge >= 0.3 is 12.0 Å². The lowest BCUT2D eigenvalue weighted by molar-refractivity contribution is -0.139. The number of carboxylic acid groups (broad SMARTS) is 1. The summed E-state index contributed by atoms with van der Waals surface area (Å²) in [5.74, 6) is 0.552. The van der Waals surface area contributed by atoms with Gasteiger partial charge in [0.25, 0.3) is 0 Å². The van der Waals surface area contributed by atoms with Gasteiger partial charge in [0.1, 0.15) is 0 Å². The van der Waals surface area contributed by atoms with E-state index in [9.17, 15) is 9.59 Å². The lowest BCUT2D eigenvalue weighted by atomic mass is 9.85. The maximum Gasteiger partial charge on any atom is 0.317 e. The molecule has 0 bridgehead atoms. The van der Waals surface area contributed by atoms with Crippen molar-refractivity contribution in [2.45, 2.75) is 38.4 Å². The van der Waals surface area contributed by atoms with E-state index in [-0.39, 0.29) is 31.5 Å². The highest BCUT2D eigenvalue weighted by molar-refractivity contribution is 5.74. The molecule has 1 fully saturated rings. The monoisotopic (exact) mass is 349 g/mol. The number of para-hydroxylation sites is 1. The van der Waals surface area contributed by atoms with Crippen molar-refractivity contribution in [3.63, 3.8) is 0 Å². The Morgan fingerprint density at radius 3 is 2.84 bits per heavy atom. The summed E-state index contributed by atoms with van der Waals surface area (Å²) in [4.78, 5) is 24.8. The first kappa shape index (κ1) is 17.3. The van der Waals surface area contributed by atoms with E-state index in [1.165, 1.54) is 0 Å². The van der Waals surface area contributed by atoms with Crippen LogP contribution in [0.25, 0.3) is 0 Å². The van der Waals surface area contributed by atoms with Gasteiger partial charge in [0.05, 0.1) is 6.54 Å². The Kier molecular flexibility index (Phi) is 5.28. The molecule has 1 aromatic rings. The van der Waals surface area contributed by atoms with Gasteiger partial charge in [0.15, 0.2) is 11.5 Å². The van der Waals surface area contributed by atoms with Crippen LogP contribution >= 0.6 is 0 Å². The molecular formula is C17H23N3O5. The van der Waals surface area contributed by atoms with E-state index >= 15 is 0 Å². The number of likely N-dealkylation sites (N-methyl/N-ethyl adjacent to an activating group) is 1. The first-order valence-corrected chi connectivity index (χ1v) is 8.44. The quantitative estimate of drug-likeness (QED) is 0.683. The molecule has 3 rings (SSSR count). The van der Waals surface area contributed by atoms with Gasteiger partial charge in [0, 0.05) is 24.2 Å². The van der Waals surface area contributed by atoms with Crippen molar-refractivity contribution in [2.24, 2.45) is 0 Å². The van der Waals surface area contributed by atoms with Crippen LogP contribution in [0.3, 0.4) is 0 Å². The average Bonchev–Trinajstić information content (AvgIpc) is 3.03. The van der Waals surface area contributed by atoms with Crippen LogP contribution in [0.2, 0.25) is 0 Å². The molecule has 0 aromatic heterocycles. The van der Waals surface area contributed by atoms with Gasteiger partial charge in [-0.3, -0.25) is 9.69 Å². The third kappa shape index (κ3) is 4.14. The highest BCUT2D eigenvalue weighted by atomic mass is 16.7. The molecule has 1 heterocycles. The number of aliphatic carboxylic acids is 1. The highest BCUT2D eigenvalue weighted by Gasteiger charge is 2.34. The number of carbonyl (C=O) groups is 2. The van der Waals surface area contributed by atoms with E-state index in [1.54, 1.807) is 0 Å². The number of ether oxygens (including phenoxy) is 2. The Balaban J connectivity index is 1.41. The Labute approximate surface area is 146 Å². The number of rotatable bonds is 7. The van der Waals surface area contributed by atoms with Crippen molar-refractivity contribution >= 4 is 12.0 Å². The van der Waals surface area contributed by atoms with E-state index in [2.05, 4.69) is 10.6 Å². The van der Waals surface area contributed by atoms with Crippen molar-refractivity contribution < 1.29 is 24.2 Å². The molecule has 1 saturated carbocycles. The van der Waals surface area contributed by atoms with Gasteiger partial charge in [0.2, 0.25) is 6.79 Å². The number of fused-ring (bicyclic) bond motifs is 1. The minimum Gasteiger partial charge on any atom is -0.480 e. The van der Waals surface area contributed by atoms with Gasteiger partial charge in [-0.05, 0) is 25.5 Å². The summed E-state index contributed by atoms with van der Waals surface area (Å²) in [5.41, 5.74) is 0.871. The van der Waals surface area contributed by atoms with Crippen LogP contribution in [0, 0.1) is 0 Å². The van der Waals surface area contributed by atoms with Crippen LogP contribution in [0.4, 0.5) is 4.79 Å². The standard InChI is InChI=1S/C17H23N3O5/c1-2-20(9-15(21)22)13-6-12(7-13)19-17(23)18-8-11-4-3-5-14-16(11)25-10-24-14/h3-5,12-13H,2,6-10H2,1H3,(H,21,22)(H2,18,19,23). The molecule has 0 unspecified atom stereocenters. The van der Waals surface area contributed by atoms with Crippen LogP contribution in [-0.2, 0) is 11.3 Å². The summed E-state index contributed by atoms with van der Waals surface area (Å²) < 4.78 is 10.7. The van der Waals surface area contributed by atoms with Gasteiger partial charge < -0.3 is 25.2 Å². The predicted octanol–water partition coefficient (Wildman–Crippen LogP) is 1.15. The number of hydrogen-bond donors (Lipinski definition) is 3. The third-order valence-corrected chi connectivity index (χ3v) is 4.63. The molecule has 8 heteroatoms. The number of carboxylic acids is 1. The Bertz CT molecular complexity index is 645. The minimum absolute atomic E-state index is 0.0429. The summed E-state index contributed by atoms with van der Waals surface area (Å²) in [6.45, 7) is 3.24. The van der Waals surface area contributed by atoms with E-state index in [4.69, 9.17) is 14.6 Å². The van der Waals surface area contributed by atoms with Gasteiger partial charge in [-0.2, -0.15) is 0 Å². The lowest BCUT2D eigenvalue weighted by Gasteiger charge is -2.42. The molecule has 0 spiro atoms. The number of nitrogens with zero attached hydrogens (tertiary/aromatic N) is 1. The fraction of sp³-hybridized carbons (Fsp3) is 0.529. The third-order valence-electron chi connectivity index (χ3n) is 4.63. The number of benzene rings is 1. The second-order valence-electron chi connectivity index (χ2n) is 6.26.